The van der Waals surface area contributed by atoms with Gasteiger partial charge in [-0.1, -0.05) is 0 Å². The van der Waals surface area contributed by atoms with E-state index in [9.17, 15) is 9.59 Å². The molecule has 12 heavy (non-hydrogen) atoms. The van der Waals surface area contributed by atoms with Crippen LogP contribution in [0, 0.1) is 0 Å². The summed E-state index contributed by atoms with van der Waals surface area (Å²) in [5.41, 5.74) is 0. The summed E-state index contributed by atoms with van der Waals surface area (Å²) < 4.78 is 0. The molecule has 0 aliphatic rings. The zero-order valence-corrected chi connectivity index (χ0v) is 7.60. The van der Waals surface area contributed by atoms with Crippen molar-refractivity contribution in [2.45, 2.75) is 13.0 Å². The molecule has 0 radical (unpaired) electrons. The summed E-state index contributed by atoms with van der Waals surface area (Å²) in [5.74, 6) is -1.01. The van der Waals surface area contributed by atoms with E-state index in [1.54, 1.807) is 6.92 Å². The van der Waals surface area contributed by atoms with Gasteiger partial charge in [-0.3, -0.25) is 0 Å². The van der Waals surface area contributed by atoms with Crippen molar-refractivity contribution in [3.8, 4) is 0 Å². The summed E-state index contributed by atoms with van der Waals surface area (Å²) in [4.78, 5) is 21.2. The third-order valence-electron chi connectivity index (χ3n) is 1.12. The number of hydrogen-bond acceptors (Lipinski definition) is 3. The molecule has 3 N–H and O–H groups in total. The zero-order chi connectivity index (χ0) is 9.56. The number of carboxylic acids is 1. The Morgan fingerprint density at radius 3 is 2.50 bits per heavy atom. The van der Waals surface area contributed by atoms with Crippen molar-refractivity contribution in [2.75, 3.05) is 12.3 Å². The second kappa shape index (κ2) is 5.70. The number of nitrogens with one attached hydrogen (secondary N) is 2. The molecule has 0 aliphatic carbocycles. The van der Waals surface area contributed by atoms with Crippen LogP contribution >= 0.6 is 12.6 Å². The third-order valence-corrected chi connectivity index (χ3v) is 1.49. The van der Waals surface area contributed by atoms with Gasteiger partial charge in [-0.2, -0.15) is 12.6 Å². The van der Waals surface area contributed by atoms with E-state index in [1.165, 1.54) is 0 Å². The second-order valence-corrected chi connectivity index (χ2v) is 2.44. The molecule has 70 valence electrons. The van der Waals surface area contributed by atoms with E-state index < -0.39 is 18.0 Å². The molecular formula is C6H12N2O3S. The zero-order valence-electron chi connectivity index (χ0n) is 6.70. The molecule has 0 rings (SSSR count). The van der Waals surface area contributed by atoms with Crippen LogP contribution in [0.5, 0.6) is 0 Å². The highest BCUT2D eigenvalue weighted by Gasteiger charge is 2.16. The molecule has 0 aromatic carbocycles. The monoisotopic (exact) mass is 192 g/mol. The van der Waals surface area contributed by atoms with Crippen molar-refractivity contribution in [2.24, 2.45) is 0 Å². The van der Waals surface area contributed by atoms with Crippen LogP contribution in [0.25, 0.3) is 0 Å². The van der Waals surface area contributed by atoms with Gasteiger partial charge < -0.3 is 15.7 Å². The maximum absolute atomic E-state index is 10.8. The molecule has 0 saturated heterocycles. The minimum atomic E-state index is -1.09. The molecule has 1 atom stereocenters. The molecule has 0 saturated carbocycles. The molecule has 0 aliphatic heterocycles. The van der Waals surface area contributed by atoms with Crippen molar-refractivity contribution >= 4 is 24.6 Å². The maximum Gasteiger partial charge on any atom is 0.327 e. The number of carbonyl (C=O) groups is 2. The van der Waals surface area contributed by atoms with E-state index in [4.69, 9.17) is 5.11 Å². The predicted octanol–water partition coefficient (Wildman–Crippen LogP) is -0.312. The Morgan fingerprint density at radius 2 is 2.17 bits per heavy atom. The first-order valence-electron chi connectivity index (χ1n) is 3.49. The number of thiol groups is 1. The van der Waals surface area contributed by atoms with Crippen molar-refractivity contribution in [1.82, 2.24) is 10.6 Å². The van der Waals surface area contributed by atoms with Crippen LogP contribution < -0.4 is 10.6 Å². The quantitative estimate of drug-likeness (QED) is 0.461. The Hall–Kier alpha value is -0.910. The molecule has 0 aromatic rings. The highest BCUT2D eigenvalue weighted by atomic mass is 32.1. The predicted molar refractivity (Wildman–Crippen MR) is 47.5 cm³/mol. The van der Waals surface area contributed by atoms with E-state index in [0.29, 0.717) is 6.54 Å². The first kappa shape index (κ1) is 11.1. The first-order valence-corrected chi connectivity index (χ1v) is 4.13. The SMILES string of the molecule is CCNC(=O)NC(CS)C(=O)O. The van der Waals surface area contributed by atoms with Crippen molar-refractivity contribution in [3.63, 3.8) is 0 Å². The second-order valence-electron chi connectivity index (χ2n) is 2.08. The minimum absolute atomic E-state index is 0.0759. The van der Waals surface area contributed by atoms with Crippen molar-refractivity contribution < 1.29 is 14.7 Å². The van der Waals surface area contributed by atoms with Gasteiger partial charge in [0.05, 0.1) is 0 Å². The molecule has 0 spiro atoms. The van der Waals surface area contributed by atoms with Gasteiger partial charge in [-0.15, -0.1) is 0 Å². The Labute approximate surface area is 75.9 Å². The summed E-state index contributed by atoms with van der Waals surface area (Å²) in [7, 11) is 0. The van der Waals surface area contributed by atoms with Gasteiger partial charge in [0, 0.05) is 12.3 Å². The average molecular weight is 192 g/mol. The number of hydrogen-bond donors (Lipinski definition) is 4. The van der Waals surface area contributed by atoms with Gasteiger partial charge in [0.1, 0.15) is 6.04 Å². The van der Waals surface area contributed by atoms with Crippen molar-refractivity contribution in [1.29, 1.82) is 0 Å². The Balaban J connectivity index is 3.85. The summed E-state index contributed by atoms with van der Waals surface area (Å²) in [6.45, 7) is 2.21. The van der Waals surface area contributed by atoms with Crippen LogP contribution in [-0.2, 0) is 4.79 Å². The molecule has 0 fully saturated rings. The Kier molecular flexibility index (Phi) is 5.27. The first-order chi connectivity index (χ1) is 5.61. The van der Waals surface area contributed by atoms with Crippen LogP contribution in [0.1, 0.15) is 6.92 Å². The van der Waals surface area contributed by atoms with Crippen LogP contribution in [0.4, 0.5) is 4.79 Å². The highest BCUT2D eigenvalue weighted by Crippen LogP contribution is 1.87. The van der Waals surface area contributed by atoms with Gasteiger partial charge in [-0.05, 0) is 6.92 Å². The van der Waals surface area contributed by atoms with E-state index in [1.807, 2.05) is 0 Å². The van der Waals surface area contributed by atoms with Crippen LogP contribution in [-0.4, -0.2) is 35.4 Å². The van der Waals surface area contributed by atoms with Gasteiger partial charge in [0.25, 0.3) is 0 Å². The number of amides is 2. The molecule has 6 heteroatoms. The normalized spacial score (nSPS) is 11.8. The molecule has 0 aromatic heterocycles. The van der Waals surface area contributed by atoms with E-state index in [2.05, 4.69) is 23.3 Å². The lowest BCUT2D eigenvalue weighted by Crippen LogP contribution is -2.46. The fourth-order valence-electron chi connectivity index (χ4n) is 0.555. The summed E-state index contributed by atoms with van der Waals surface area (Å²) in [5, 5.41) is 13.2. The summed E-state index contributed by atoms with van der Waals surface area (Å²) in [6, 6.07) is -1.42. The van der Waals surface area contributed by atoms with Crippen LogP contribution in [0.3, 0.4) is 0 Å². The molecular weight excluding hydrogens is 180 g/mol. The summed E-state index contributed by atoms with van der Waals surface area (Å²) in [6.07, 6.45) is 0. The molecule has 0 bridgehead atoms. The lowest BCUT2D eigenvalue weighted by atomic mass is 10.3. The van der Waals surface area contributed by atoms with Crippen LogP contribution in [0.2, 0.25) is 0 Å². The number of rotatable bonds is 4. The van der Waals surface area contributed by atoms with Crippen molar-refractivity contribution in [3.05, 3.63) is 0 Å². The van der Waals surface area contributed by atoms with E-state index in [-0.39, 0.29) is 5.75 Å². The lowest BCUT2D eigenvalue weighted by Gasteiger charge is -2.11. The number of carbonyl (C=O) groups excluding carboxylic acids is 1. The number of urea groups is 1. The fourth-order valence-corrected chi connectivity index (χ4v) is 0.803. The third kappa shape index (κ3) is 4.07. The fraction of sp³-hybridized carbons (Fsp3) is 0.667. The lowest BCUT2D eigenvalue weighted by molar-refractivity contribution is -0.138. The minimum Gasteiger partial charge on any atom is -0.480 e. The molecule has 0 heterocycles. The largest absolute Gasteiger partial charge is 0.480 e. The number of carboxylic acid groups (broad SMARTS) is 1. The molecule has 1 unspecified atom stereocenters. The van der Waals surface area contributed by atoms with E-state index >= 15 is 0 Å². The molecule has 2 amide bonds. The van der Waals surface area contributed by atoms with Gasteiger partial charge in [0.15, 0.2) is 0 Å². The maximum atomic E-state index is 10.8. The Morgan fingerprint density at radius 1 is 1.58 bits per heavy atom. The summed E-state index contributed by atoms with van der Waals surface area (Å²) >= 11 is 3.77. The highest BCUT2D eigenvalue weighted by molar-refractivity contribution is 7.80. The Bertz CT molecular complexity index is 174. The average Bonchev–Trinajstić information content (AvgIpc) is 2.00. The van der Waals surface area contributed by atoms with Gasteiger partial charge in [-0.25, -0.2) is 9.59 Å². The van der Waals surface area contributed by atoms with E-state index in [0.717, 1.165) is 0 Å². The molecule has 5 nitrogen and oxygen atoms in total. The van der Waals surface area contributed by atoms with Gasteiger partial charge >= 0.3 is 12.0 Å². The smallest absolute Gasteiger partial charge is 0.327 e. The van der Waals surface area contributed by atoms with Crippen LogP contribution in [0.15, 0.2) is 0 Å². The topological polar surface area (TPSA) is 78.4 Å². The van der Waals surface area contributed by atoms with Gasteiger partial charge in [0.2, 0.25) is 0 Å². The number of aliphatic carboxylic acids is 1. The standard InChI is InChI=1S/C6H12N2O3S/c1-2-7-6(11)8-4(3-12)5(9)10/h4,12H,2-3H2,1H3,(H,9,10)(H2,7,8,11).